The van der Waals surface area contributed by atoms with Gasteiger partial charge < -0.3 is 34.0 Å². The van der Waals surface area contributed by atoms with Gasteiger partial charge in [0.1, 0.15) is 0 Å². The normalized spacial score (nSPS) is 15.3. The molecule has 0 saturated carbocycles. The van der Waals surface area contributed by atoms with Crippen molar-refractivity contribution >= 4 is 23.6 Å². The van der Waals surface area contributed by atoms with Crippen LogP contribution in [0, 0.1) is 0 Å². The van der Waals surface area contributed by atoms with Crippen LogP contribution in [0.5, 0.6) is 17.2 Å². The fourth-order valence-corrected chi connectivity index (χ4v) is 3.66. The Hall–Kier alpha value is -2.99. The predicted octanol–water partition coefficient (Wildman–Crippen LogP) is 1.41. The number of hydrogen-bond donors (Lipinski definition) is 2. The van der Waals surface area contributed by atoms with Gasteiger partial charge in [0.2, 0.25) is 17.5 Å². The van der Waals surface area contributed by atoms with E-state index in [0.29, 0.717) is 29.4 Å². The second kappa shape index (κ2) is 11.6. The fourth-order valence-electron chi connectivity index (χ4n) is 3.05. The molecule has 2 heterocycles. The van der Waals surface area contributed by atoms with Gasteiger partial charge in [-0.3, -0.25) is 9.59 Å². The zero-order chi connectivity index (χ0) is 22.9. The summed E-state index contributed by atoms with van der Waals surface area (Å²) in [4.78, 5) is 24.5. The molecule has 1 saturated heterocycles. The fraction of sp³-hybridized carbons (Fsp3) is 0.500. The Bertz CT molecular complexity index is 905. The minimum absolute atomic E-state index is 0.0221. The first kappa shape index (κ1) is 23.7. The number of ether oxygens (including phenoxy) is 4. The maximum absolute atomic E-state index is 12.5. The molecule has 1 fully saturated rings. The van der Waals surface area contributed by atoms with Gasteiger partial charge in [0, 0.05) is 18.7 Å². The summed E-state index contributed by atoms with van der Waals surface area (Å²) < 4.78 is 26.7. The van der Waals surface area contributed by atoms with E-state index in [1.54, 1.807) is 12.1 Å². The molecule has 0 bridgehead atoms. The Kier molecular flexibility index (Phi) is 8.56. The van der Waals surface area contributed by atoms with Gasteiger partial charge in [-0.25, -0.2) is 0 Å². The first-order chi connectivity index (χ1) is 15.5. The van der Waals surface area contributed by atoms with Crippen LogP contribution in [0.3, 0.4) is 0 Å². The summed E-state index contributed by atoms with van der Waals surface area (Å²) in [5.74, 6) is 0.966. The van der Waals surface area contributed by atoms with E-state index in [-0.39, 0.29) is 41.3 Å². The number of thioether (sulfide) groups is 1. The zero-order valence-corrected chi connectivity index (χ0v) is 19.0. The number of nitrogens with zero attached hydrogens (tertiary/aromatic N) is 2. The molecule has 0 aliphatic carbocycles. The molecule has 1 atom stereocenters. The molecule has 2 amide bonds. The number of amides is 2. The van der Waals surface area contributed by atoms with Crippen LogP contribution >= 0.6 is 11.8 Å². The number of carbonyl (C=O) groups is 2. The average Bonchev–Trinajstić information content (AvgIpc) is 3.50. The predicted molar refractivity (Wildman–Crippen MR) is 114 cm³/mol. The molecule has 12 heteroatoms. The molecule has 2 aromatic rings. The molecule has 11 nitrogen and oxygen atoms in total. The molecule has 1 aromatic carbocycles. The third-order valence-electron chi connectivity index (χ3n) is 4.65. The summed E-state index contributed by atoms with van der Waals surface area (Å²) in [6.07, 6.45) is 2.08. The van der Waals surface area contributed by atoms with E-state index in [1.165, 1.54) is 21.3 Å². The Morgan fingerprint density at radius 2 is 1.88 bits per heavy atom. The second-order valence-electron chi connectivity index (χ2n) is 6.79. The molecule has 1 aliphatic rings. The van der Waals surface area contributed by atoms with E-state index >= 15 is 0 Å². The molecule has 174 valence electrons. The van der Waals surface area contributed by atoms with E-state index in [0.717, 1.165) is 31.2 Å². The van der Waals surface area contributed by atoms with Gasteiger partial charge in [0.15, 0.2) is 11.5 Å². The van der Waals surface area contributed by atoms with Crippen molar-refractivity contribution in [2.45, 2.75) is 30.7 Å². The van der Waals surface area contributed by atoms with Gasteiger partial charge in [-0.05, 0) is 25.0 Å². The van der Waals surface area contributed by atoms with Crippen LogP contribution in [0.2, 0.25) is 0 Å². The lowest BCUT2D eigenvalue weighted by Gasteiger charge is -2.13. The van der Waals surface area contributed by atoms with E-state index in [4.69, 9.17) is 23.4 Å². The van der Waals surface area contributed by atoms with Crippen molar-refractivity contribution in [3.8, 4) is 17.2 Å². The smallest absolute Gasteiger partial charge is 0.277 e. The third kappa shape index (κ3) is 6.26. The molecule has 1 aliphatic heterocycles. The molecular weight excluding hydrogens is 440 g/mol. The number of hydrogen-bond acceptors (Lipinski definition) is 10. The van der Waals surface area contributed by atoms with Crippen LogP contribution in [0.1, 0.15) is 29.1 Å². The number of aromatic nitrogens is 2. The van der Waals surface area contributed by atoms with Crippen molar-refractivity contribution in [1.29, 1.82) is 0 Å². The van der Waals surface area contributed by atoms with Crippen molar-refractivity contribution < 1.29 is 33.0 Å². The highest BCUT2D eigenvalue weighted by atomic mass is 32.2. The summed E-state index contributed by atoms with van der Waals surface area (Å²) in [6.45, 7) is 1.27. The van der Waals surface area contributed by atoms with Crippen molar-refractivity contribution in [2.75, 3.05) is 40.2 Å². The van der Waals surface area contributed by atoms with Crippen LogP contribution in [-0.4, -0.2) is 68.3 Å². The number of benzene rings is 1. The lowest BCUT2D eigenvalue weighted by Crippen LogP contribution is -2.32. The van der Waals surface area contributed by atoms with Gasteiger partial charge in [-0.2, -0.15) is 0 Å². The van der Waals surface area contributed by atoms with Crippen LogP contribution in [0.25, 0.3) is 0 Å². The lowest BCUT2D eigenvalue weighted by molar-refractivity contribution is -0.119. The van der Waals surface area contributed by atoms with E-state index in [1.807, 2.05) is 0 Å². The highest BCUT2D eigenvalue weighted by Crippen LogP contribution is 2.38. The first-order valence-electron chi connectivity index (χ1n) is 9.95. The highest BCUT2D eigenvalue weighted by Gasteiger charge is 2.19. The summed E-state index contributed by atoms with van der Waals surface area (Å²) in [7, 11) is 4.43. The van der Waals surface area contributed by atoms with E-state index in [2.05, 4.69) is 20.8 Å². The summed E-state index contributed by atoms with van der Waals surface area (Å²) in [6, 6.07) is 3.09. The Balaban J connectivity index is 1.48. The van der Waals surface area contributed by atoms with Crippen LogP contribution in [0.15, 0.2) is 21.8 Å². The molecule has 2 N–H and O–H groups in total. The summed E-state index contributed by atoms with van der Waals surface area (Å²) in [5.41, 5.74) is 0.316. The molecule has 0 spiro atoms. The summed E-state index contributed by atoms with van der Waals surface area (Å²) >= 11 is 1.12. The quantitative estimate of drug-likeness (QED) is 0.468. The van der Waals surface area contributed by atoms with E-state index < -0.39 is 0 Å². The first-order valence-corrected chi connectivity index (χ1v) is 10.9. The van der Waals surface area contributed by atoms with Crippen LogP contribution < -0.4 is 24.8 Å². The number of nitrogens with one attached hydrogen (secondary N) is 2. The molecule has 0 radical (unpaired) electrons. The Labute approximate surface area is 189 Å². The van der Waals surface area contributed by atoms with Crippen molar-refractivity contribution in [3.05, 3.63) is 23.6 Å². The topological polar surface area (TPSA) is 134 Å². The maximum atomic E-state index is 12.5. The third-order valence-corrected chi connectivity index (χ3v) is 5.47. The van der Waals surface area contributed by atoms with Gasteiger partial charge in [-0.1, -0.05) is 11.8 Å². The zero-order valence-electron chi connectivity index (χ0n) is 18.1. The highest BCUT2D eigenvalue weighted by molar-refractivity contribution is 7.99. The second-order valence-corrected chi connectivity index (χ2v) is 7.71. The minimum atomic E-state index is -0.384. The van der Waals surface area contributed by atoms with Gasteiger partial charge in [0.25, 0.3) is 11.1 Å². The Morgan fingerprint density at radius 3 is 2.50 bits per heavy atom. The molecule has 3 rings (SSSR count). The molecule has 32 heavy (non-hydrogen) atoms. The van der Waals surface area contributed by atoms with Crippen LogP contribution in [0.4, 0.5) is 0 Å². The van der Waals surface area contributed by atoms with Gasteiger partial charge >= 0.3 is 0 Å². The molecule has 0 unspecified atom stereocenters. The average molecular weight is 467 g/mol. The van der Waals surface area contributed by atoms with Crippen molar-refractivity contribution in [2.24, 2.45) is 0 Å². The maximum Gasteiger partial charge on any atom is 0.277 e. The van der Waals surface area contributed by atoms with Gasteiger partial charge in [0.05, 0.1) is 39.7 Å². The van der Waals surface area contributed by atoms with Crippen molar-refractivity contribution in [3.63, 3.8) is 0 Å². The number of carbonyl (C=O) groups excluding carboxylic acids is 2. The standard InChI is InChI=1S/C20H26N4O7S/c1-27-14-7-12(8-15(28-2)18(14)29-3)19(26)22-10-17-23-24-20(31-17)32-11-16(25)21-9-13-5-4-6-30-13/h7-8,13H,4-6,9-11H2,1-3H3,(H,21,25)(H,22,26)/t13-/m0/s1. The van der Waals surface area contributed by atoms with Gasteiger partial charge in [-0.15, -0.1) is 10.2 Å². The Morgan fingerprint density at radius 1 is 1.12 bits per heavy atom. The SMILES string of the molecule is COc1cc(C(=O)NCc2nnc(SCC(=O)NC[C@@H]3CCCO3)o2)cc(OC)c1OC. The number of methoxy groups -OCH3 is 3. The molecular formula is C20H26N4O7S. The monoisotopic (exact) mass is 466 g/mol. The van der Waals surface area contributed by atoms with Crippen molar-refractivity contribution in [1.82, 2.24) is 20.8 Å². The number of rotatable bonds is 11. The molecule has 1 aromatic heterocycles. The van der Waals surface area contributed by atoms with Crippen LogP contribution in [-0.2, 0) is 16.1 Å². The summed E-state index contributed by atoms with van der Waals surface area (Å²) in [5, 5.41) is 13.5. The lowest BCUT2D eigenvalue weighted by atomic mass is 10.1. The minimum Gasteiger partial charge on any atom is -0.493 e. The van der Waals surface area contributed by atoms with E-state index in [9.17, 15) is 9.59 Å². The largest absolute Gasteiger partial charge is 0.493 e.